The smallest absolute Gasteiger partial charge is 0.276 e. The van der Waals surface area contributed by atoms with Crippen LogP contribution in [0.25, 0.3) is 22.2 Å². The number of hydrogen-bond donors (Lipinski definition) is 10. The fourth-order valence-electron chi connectivity index (χ4n) is 6.18. The van der Waals surface area contributed by atoms with Crippen LogP contribution in [0.15, 0.2) is 60.7 Å². The van der Waals surface area contributed by atoms with Gasteiger partial charge < -0.3 is 51.4 Å². The highest BCUT2D eigenvalue weighted by atomic mass is 16.4. The van der Waals surface area contributed by atoms with E-state index in [0.717, 1.165) is 28.5 Å². The minimum absolute atomic E-state index is 0.0936. The number of imidazole rings is 1. The van der Waals surface area contributed by atoms with Crippen LogP contribution in [0.2, 0.25) is 0 Å². The molecular weight excluding hydrogens is 628 g/mol. The van der Waals surface area contributed by atoms with Crippen LogP contribution in [0.5, 0.6) is 0 Å². The number of likely N-dealkylation sites (N-methyl/N-ethyl adjacent to an activating group) is 1. The average Bonchev–Trinajstić information content (AvgIpc) is 3.38. The minimum atomic E-state index is -1.55. The molecule has 4 aromatic rings. The fraction of sp³-hybridized carbons (Fsp3) is 0.459. The second kappa shape index (κ2) is 18.9. The Bertz CT molecular complexity index is 1600. The van der Waals surface area contributed by atoms with Crippen molar-refractivity contribution in [3.63, 3.8) is 0 Å². The third-order valence-electron chi connectivity index (χ3n) is 8.90. The molecule has 4 atom stereocenters. The number of anilines is 1. The maximum Gasteiger partial charge on any atom is 0.276 e. The Balaban J connectivity index is 0.000000355. The number of nitrogens with zero attached hydrogens (tertiary/aromatic N) is 1. The Kier molecular flexibility index (Phi) is 14.7. The standard InChI is InChI=1S/C30H33N3O3.C7H17NO5/c34-18-21-13-22(19-35)15-26(14-21)31-30(36)28-27(16-20-7-3-1-2-4-8-20)32-29(33-28)25-12-11-23-9-5-6-10-24(23)17-25;1-8-2-4(10)6(12)7(13)5(11)3-9/h5-6,9-15,17,20,34-35H,1-4,7-8,16,18-19H2,(H,31,36)(H,32,33);4-13H,2-3H2,1H3. The van der Waals surface area contributed by atoms with Gasteiger partial charge in [0, 0.05) is 23.5 Å². The van der Waals surface area contributed by atoms with Crippen molar-refractivity contribution in [1.29, 1.82) is 0 Å². The Morgan fingerprint density at radius 2 is 1.47 bits per heavy atom. The molecule has 266 valence electrons. The SMILES string of the molecule is CNCC(O)C(O)C(O)C(O)CO.O=C(Nc1cc(CO)cc(CO)c1)c1nc(-c2ccc3ccccc3c2)[nH]c1CC1CCCCCC1. The maximum absolute atomic E-state index is 13.5. The van der Waals surface area contributed by atoms with Crippen molar-refractivity contribution in [2.75, 3.05) is 25.5 Å². The number of benzene rings is 3. The molecule has 1 aromatic heterocycles. The summed E-state index contributed by atoms with van der Waals surface area (Å²) >= 11 is 0. The van der Waals surface area contributed by atoms with Crippen molar-refractivity contribution in [2.24, 2.45) is 5.92 Å². The van der Waals surface area contributed by atoms with Crippen LogP contribution < -0.4 is 10.6 Å². The van der Waals surface area contributed by atoms with E-state index in [2.05, 4.69) is 39.9 Å². The molecule has 49 heavy (non-hydrogen) atoms. The minimum Gasteiger partial charge on any atom is -0.394 e. The Morgan fingerprint density at radius 1 is 0.837 bits per heavy atom. The molecule has 1 fully saturated rings. The molecule has 12 heteroatoms. The molecular formula is C37H50N4O8. The Hall–Kier alpha value is -3.72. The number of fused-ring (bicyclic) bond motifs is 1. The van der Waals surface area contributed by atoms with Crippen molar-refractivity contribution < 1.29 is 40.5 Å². The number of amides is 1. The van der Waals surface area contributed by atoms with Crippen molar-refractivity contribution in [2.45, 2.75) is 82.6 Å². The van der Waals surface area contributed by atoms with Gasteiger partial charge in [-0.15, -0.1) is 0 Å². The molecule has 5 rings (SSSR count). The quantitative estimate of drug-likeness (QED) is 0.0934. The summed E-state index contributed by atoms with van der Waals surface area (Å²) in [5.74, 6) is 0.929. The molecule has 0 radical (unpaired) electrons. The number of aromatic nitrogens is 2. The highest BCUT2D eigenvalue weighted by molar-refractivity contribution is 6.04. The van der Waals surface area contributed by atoms with Gasteiger partial charge in [0.2, 0.25) is 0 Å². The van der Waals surface area contributed by atoms with E-state index in [0.29, 0.717) is 34.3 Å². The second-order valence-electron chi connectivity index (χ2n) is 12.7. The summed E-state index contributed by atoms with van der Waals surface area (Å²) in [5.41, 5.74) is 4.01. The summed E-state index contributed by atoms with van der Waals surface area (Å²) in [6.07, 6.45) is 2.51. The van der Waals surface area contributed by atoms with Gasteiger partial charge in [-0.3, -0.25) is 4.79 Å². The zero-order valence-electron chi connectivity index (χ0n) is 27.9. The molecule has 1 aliphatic rings. The predicted octanol–water partition coefficient (Wildman–Crippen LogP) is 2.62. The zero-order chi connectivity index (χ0) is 35.3. The average molecular weight is 679 g/mol. The van der Waals surface area contributed by atoms with Crippen LogP contribution in [0.1, 0.15) is 65.8 Å². The van der Waals surface area contributed by atoms with Gasteiger partial charge in [0.1, 0.15) is 29.8 Å². The first kappa shape index (κ1) is 38.1. The maximum atomic E-state index is 13.5. The van der Waals surface area contributed by atoms with Gasteiger partial charge in [0.15, 0.2) is 0 Å². The summed E-state index contributed by atoms with van der Waals surface area (Å²) in [7, 11) is 1.57. The fourth-order valence-corrected chi connectivity index (χ4v) is 6.18. The molecule has 1 aliphatic carbocycles. The molecule has 1 heterocycles. The lowest BCUT2D eigenvalue weighted by atomic mass is 9.94. The van der Waals surface area contributed by atoms with Gasteiger partial charge >= 0.3 is 0 Å². The number of nitrogens with one attached hydrogen (secondary N) is 3. The topological polar surface area (TPSA) is 211 Å². The van der Waals surface area contributed by atoms with E-state index >= 15 is 0 Å². The lowest BCUT2D eigenvalue weighted by Crippen LogP contribution is -2.48. The highest BCUT2D eigenvalue weighted by Gasteiger charge is 2.29. The Labute approximate surface area is 286 Å². The van der Waals surface area contributed by atoms with Crippen molar-refractivity contribution in [3.05, 3.63) is 83.2 Å². The summed E-state index contributed by atoms with van der Waals surface area (Å²) in [4.78, 5) is 21.8. The number of aromatic amines is 1. The van der Waals surface area contributed by atoms with E-state index in [4.69, 9.17) is 25.4 Å². The first-order chi connectivity index (χ1) is 23.7. The van der Waals surface area contributed by atoms with Gasteiger partial charge in [0.25, 0.3) is 5.91 Å². The number of aliphatic hydroxyl groups is 7. The van der Waals surface area contributed by atoms with E-state index in [1.807, 2.05) is 18.2 Å². The van der Waals surface area contributed by atoms with E-state index in [-0.39, 0.29) is 25.7 Å². The molecule has 1 amide bonds. The molecule has 1 saturated carbocycles. The van der Waals surface area contributed by atoms with Gasteiger partial charge in [-0.1, -0.05) is 81.0 Å². The molecule has 0 aliphatic heterocycles. The molecule has 3 aromatic carbocycles. The largest absolute Gasteiger partial charge is 0.394 e. The number of rotatable bonds is 13. The van der Waals surface area contributed by atoms with Gasteiger partial charge in [-0.25, -0.2) is 4.98 Å². The van der Waals surface area contributed by atoms with Gasteiger partial charge in [0.05, 0.1) is 25.9 Å². The third-order valence-corrected chi connectivity index (χ3v) is 8.90. The number of H-pyrrole nitrogens is 1. The highest BCUT2D eigenvalue weighted by Crippen LogP contribution is 2.29. The van der Waals surface area contributed by atoms with Crippen LogP contribution in [0.3, 0.4) is 0 Å². The van der Waals surface area contributed by atoms with Crippen LogP contribution in [-0.4, -0.2) is 96.2 Å². The first-order valence-corrected chi connectivity index (χ1v) is 16.9. The van der Waals surface area contributed by atoms with Crippen LogP contribution in [0, 0.1) is 5.92 Å². The molecule has 12 nitrogen and oxygen atoms in total. The number of aliphatic hydroxyl groups excluding tert-OH is 7. The van der Waals surface area contributed by atoms with Crippen LogP contribution in [-0.2, 0) is 19.6 Å². The van der Waals surface area contributed by atoms with Gasteiger partial charge in [-0.2, -0.15) is 0 Å². The number of carbonyl (C=O) groups excluding carboxylic acids is 1. The third kappa shape index (κ3) is 10.6. The Morgan fingerprint density at radius 3 is 2.08 bits per heavy atom. The van der Waals surface area contributed by atoms with E-state index < -0.39 is 31.0 Å². The summed E-state index contributed by atoms with van der Waals surface area (Å²) in [6.45, 7) is -0.906. The van der Waals surface area contributed by atoms with E-state index in [1.165, 1.54) is 38.5 Å². The molecule has 0 spiro atoms. The van der Waals surface area contributed by atoms with E-state index in [1.54, 1.807) is 25.2 Å². The normalized spacial score (nSPS) is 16.2. The summed E-state index contributed by atoms with van der Waals surface area (Å²) in [5, 5.41) is 71.9. The van der Waals surface area contributed by atoms with Gasteiger partial charge in [-0.05, 0) is 59.5 Å². The second-order valence-corrected chi connectivity index (χ2v) is 12.7. The summed E-state index contributed by atoms with van der Waals surface area (Å²) in [6, 6.07) is 19.6. The van der Waals surface area contributed by atoms with Crippen molar-refractivity contribution in [1.82, 2.24) is 15.3 Å². The lowest BCUT2D eigenvalue weighted by Gasteiger charge is -2.25. The molecule has 0 saturated heterocycles. The molecule has 0 bridgehead atoms. The molecule has 4 unspecified atom stereocenters. The number of carbonyl (C=O) groups is 1. The predicted molar refractivity (Wildman–Crippen MR) is 188 cm³/mol. The molecule has 10 N–H and O–H groups in total. The number of hydrogen-bond acceptors (Lipinski definition) is 10. The van der Waals surface area contributed by atoms with Crippen LogP contribution in [0.4, 0.5) is 5.69 Å². The monoisotopic (exact) mass is 678 g/mol. The first-order valence-electron chi connectivity index (χ1n) is 16.9. The lowest BCUT2D eigenvalue weighted by molar-refractivity contribution is -0.113. The summed E-state index contributed by atoms with van der Waals surface area (Å²) < 4.78 is 0. The van der Waals surface area contributed by atoms with Crippen LogP contribution >= 0.6 is 0 Å². The van der Waals surface area contributed by atoms with Crippen molar-refractivity contribution in [3.8, 4) is 11.4 Å². The zero-order valence-corrected chi connectivity index (χ0v) is 27.9. The van der Waals surface area contributed by atoms with Crippen molar-refractivity contribution >= 4 is 22.4 Å². The van der Waals surface area contributed by atoms with E-state index in [9.17, 15) is 20.1 Å².